The Morgan fingerprint density at radius 1 is 0.792 bits per heavy atom. The summed E-state index contributed by atoms with van der Waals surface area (Å²) in [5, 5.41) is 3.33. The van der Waals surface area contributed by atoms with Crippen LogP contribution in [-0.2, 0) is 0 Å². The third-order valence-corrected chi connectivity index (χ3v) is 6.21. The van der Waals surface area contributed by atoms with Gasteiger partial charge in [0.25, 0.3) is 0 Å². The van der Waals surface area contributed by atoms with Gasteiger partial charge in [0.2, 0.25) is 0 Å². The van der Waals surface area contributed by atoms with Crippen molar-refractivity contribution >= 4 is 52.8 Å². The summed E-state index contributed by atoms with van der Waals surface area (Å²) in [6, 6.07) is 25.5. The second-order valence-corrected chi connectivity index (χ2v) is 8.09. The Hall–Kier alpha value is -1.99. The summed E-state index contributed by atoms with van der Waals surface area (Å²) < 4.78 is 1.33. The number of rotatable bonds is 3. The Morgan fingerprint density at radius 3 is 2.25 bits per heavy atom. The molecule has 0 atom stereocenters. The number of fused-ring (bicyclic) bond motifs is 1. The first-order valence-electron chi connectivity index (χ1n) is 7.81. The second kappa shape index (κ2) is 6.49. The Bertz CT molecular complexity index is 975. The number of nitrogens with zero attached hydrogens (tertiary/aromatic N) is 1. The van der Waals surface area contributed by atoms with Crippen LogP contribution in [0.25, 0.3) is 10.8 Å². The maximum atomic E-state index is 6.10. The average molecular weight is 397 g/mol. The molecule has 1 heterocycles. The van der Waals surface area contributed by atoms with E-state index in [4.69, 9.17) is 11.6 Å². The Balaban J connectivity index is 1.98. The van der Waals surface area contributed by atoms with Gasteiger partial charge in [0, 0.05) is 0 Å². The summed E-state index contributed by atoms with van der Waals surface area (Å²) >= 11 is 6.44. The summed E-state index contributed by atoms with van der Waals surface area (Å²) in [6.07, 6.45) is 0. The standard InChI is InChI=1S/C21H16ClNSe/c1-15-8-13-20(19-6-3-2-5-18(15)19)23(21-7-4-14-24-21)17-11-9-16(22)10-12-17/h2-14H,1H3. The molecule has 1 nitrogen and oxygen atoms in total. The van der Waals surface area contributed by atoms with Crippen molar-refractivity contribution in [1.29, 1.82) is 0 Å². The predicted octanol–water partition coefficient (Wildman–Crippen LogP) is 6.33. The van der Waals surface area contributed by atoms with Crippen LogP contribution in [0.15, 0.2) is 77.7 Å². The summed E-state index contributed by atoms with van der Waals surface area (Å²) in [4.78, 5) is 4.61. The number of hydrogen-bond donors (Lipinski definition) is 0. The third-order valence-electron chi connectivity index (χ3n) is 4.17. The zero-order valence-corrected chi connectivity index (χ0v) is 15.7. The predicted molar refractivity (Wildman–Crippen MR) is 105 cm³/mol. The van der Waals surface area contributed by atoms with Crippen molar-refractivity contribution in [2.45, 2.75) is 6.92 Å². The monoisotopic (exact) mass is 397 g/mol. The third kappa shape index (κ3) is 2.78. The van der Waals surface area contributed by atoms with E-state index < -0.39 is 0 Å². The van der Waals surface area contributed by atoms with Crippen LogP contribution in [0.4, 0.5) is 15.9 Å². The quantitative estimate of drug-likeness (QED) is 0.366. The van der Waals surface area contributed by atoms with E-state index >= 15 is 0 Å². The van der Waals surface area contributed by atoms with Crippen molar-refractivity contribution in [3.05, 3.63) is 88.3 Å². The van der Waals surface area contributed by atoms with Crippen LogP contribution in [-0.4, -0.2) is 14.5 Å². The normalized spacial score (nSPS) is 10.9. The molecule has 0 aliphatic rings. The van der Waals surface area contributed by atoms with E-state index in [1.807, 2.05) is 12.1 Å². The number of anilines is 3. The summed E-state index contributed by atoms with van der Waals surface area (Å²) in [5.41, 5.74) is 3.66. The van der Waals surface area contributed by atoms with Gasteiger partial charge in [-0.15, -0.1) is 0 Å². The van der Waals surface area contributed by atoms with Gasteiger partial charge in [-0.2, -0.15) is 0 Å². The van der Waals surface area contributed by atoms with Crippen LogP contribution in [0, 0.1) is 6.92 Å². The summed E-state index contributed by atoms with van der Waals surface area (Å²) in [6.45, 7) is 2.17. The molecular weight excluding hydrogens is 381 g/mol. The molecule has 0 bridgehead atoms. The molecule has 0 N–H and O–H groups in total. The molecule has 3 heteroatoms. The van der Waals surface area contributed by atoms with Gasteiger partial charge in [0.1, 0.15) is 0 Å². The zero-order chi connectivity index (χ0) is 16.5. The molecule has 1 aromatic heterocycles. The molecule has 0 aliphatic carbocycles. The van der Waals surface area contributed by atoms with Crippen molar-refractivity contribution in [1.82, 2.24) is 0 Å². The number of halogens is 1. The fourth-order valence-electron chi connectivity index (χ4n) is 3.00. The zero-order valence-electron chi connectivity index (χ0n) is 13.2. The van der Waals surface area contributed by atoms with Crippen LogP contribution in [0.1, 0.15) is 5.56 Å². The van der Waals surface area contributed by atoms with Gasteiger partial charge in [-0.3, -0.25) is 0 Å². The molecule has 4 rings (SSSR count). The van der Waals surface area contributed by atoms with Crippen LogP contribution >= 0.6 is 11.6 Å². The summed E-state index contributed by atoms with van der Waals surface area (Å²) in [5.74, 6) is 0. The average Bonchev–Trinajstić information content (AvgIpc) is 3.13. The number of benzene rings is 3. The van der Waals surface area contributed by atoms with Gasteiger partial charge in [-0.1, -0.05) is 0 Å². The molecule has 4 aromatic rings. The Kier molecular flexibility index (Phi) is 4.20. The Morgan fingerprint density at radius 2 is 1.54 bits per heavy atom. The minimum absolute atomic E-state index is 0.339. The van der Waals surface area contributed by atoms with Crippen LogP contribution < -0.4 is 4.90 Å². The number of aryl methyl sites for hydroxylation is 1. The van der Waals surface area contributed by atoms with Gasteiger partial charge < -0.3 is 0 Å². The van der Waals surface area contributed by atoms with Crippen molar-refractivity contribution in [3.8, 4) is 0 Å². The fraction of sp³-hybridized carbons (Fsp3) is 0.0476. The second-order valence-electron chi connectivity index (χ2n) is 5.71. The maximum absolute atomic E-state index is 6.10. The van der Waals surface area contributed by atoms with Crippen LogP contribution in [0.3, 0.4) is 0 Å². The van der Waals surface area contributed by atoms with Crippen molar-refractivity contribution in [2.75, 3.05) is 4.90 Å². The molecule has 0 fully saturated rings. The van der Waals surface area contributed by atoms with E-state index in [-0.39, 0.29) is 0 Å². The van der Waals surface area contributed by atoms with Crippen LogP contribution in [0.5, 0.6) is 0 Å². The molecule has 24 heavy (non-hydrogen) atoms. The van der Waals surface area contributed by atoms with Crippen LogP contribution in [0.2, 0.25) is 5.02 Å². The molecule has 0 amide bonds. The first kappa shape index (κ1) is 15.5. The van der Waals surface area contributed by atoms with Crippen molar-refractivity contribution in [2.24, 2.45) is 0 Å². The van der Waals surface area contributed by atoms with Crippen molar-refractivity contribution in [3.63, 3.8) is 0 Å². The first-order valence-corrected chi connectivity index (χ1v) is 10.0. The molecule has 0 spiro atoms. The van der Waals surface area contributed by atoms with Crippen molar-refractivity contribution < 1.29 is 0 Å². The molecule has 118 valence electrons. The van der Waals surface area contributed by atoms with E-state index in [2.05, 4.69) is 77.4 Å². The van der Waals surface area contributed by atoms with Gasteiger partial charge in [-0.25, -0.2) is 0 Å². The molecule has 0 radical (unpaired) electrons. The topological polar surface area (TPSA) is 3.24 Å². The van der Waals surface area contributed by atoms with E-state index in [9.17, 15) is 0 Å². The minimum atomic E-state index is 0.339. The van der Waals surface area contributed by atoms with E-state index in [0.717, 1.165) is 10.7 Å². The van der Waals surface area contributed by atoms with Gasteiger partial charge >= 0.3 is 153 Å². The first-order chi connectivity index (χ1) is 11.7. The number of hydrogen-bond acceptors (Lipinski definition) is 1. The Labute approximate surface area is 152 Å². The van der Waals surface area contributed by atoms with Gasteiger partial charge in [-0.05, 0) is 0 Å². The SMILES string of the molecule is Cc1ccc(N(c2ccc(Cl)cc2)c2ccc[se]2)c2ccccc12. The van der Waals surface area contributed by atoms with Gasteiger partial charge in [0.05, 0.1) is 0 Å². The van der Waals surface area contributed by atoms with Gasteiger partial charge in [0.15, 0.2) is 0 Å². The molecule has 0 aliphatic heterocycles. The molecular formula is C21H16ClNSe. The summed E-state index contributed by atoms with van der Waals surface area (Å²) in [7, 11) is 0. The molecule has 0 unspecified atom stereocenters. The van der Waals surface area contributed by atoms with E-state index in [0.29, 0.717) is 14.5 Å². The van der Waals surface area contributed by atoms with E-state index in [1.165, 1.54) is 26.6 Å². The molecule has 0 saturated carbocycles. The van der Waals surface area contributed by atoms with E-state index in [1.54, 1.807) is 0 Å². The molecule has 0 saturated heterocycles. The molecule has 3 aromatic carbocycles. The fourth-order valence-corrected chi connectivity index (χ4v) is 4.73.